The molecular weight excluding hydrogens is 444 g/mol. The maximum Gasteiger partial charge on any atom is 2.00 e. The van der Waals surface area contributed by atoms with Crippen molar-refractivity contribution in [2.24, 2.45) is 0 Å². The third-order valence-corrected chi connectivity index (χ3v) is 0. The minimum atomic E-state index is 0. The van der Waals surface area contributed by atoms with Gasteiger partial charge < -0.3 is 48.0 Å². The number of hydrogen-bond acceptors (Lipinski definition) is 0. The standard InChI is InChI=1S/Ar.2HI.Sm/h;2*1H;/q;;;+2/p-2. The van der Waals surface area contributed by atoms with Crippen LogP contribution in [0.3, 0.4) is 0 Å². The average molecular weight is 444 g/mol. The van der Waals surface area contributed by atoms with E-state index in [2.05, 4.69) is 0 Å². The van der Waals surface area contributed by atoms with Crippen molar-refractivity contribution in [2.75, 3.05) is 0 Å². The fourth-order valence-electron chi connectivity index (χ4n) is 0. The molecule has 0 amide bonds. The molecule has 4 heavy (non-hydrogen) atoms. The fourth-order valence-corrected chi connectivity index (χ4v) is 0. The van der Waals surface area contributed by atoms with E-state index in [4.69, 9.17) is 0 Å². The van der Waals surface area contributed by atoms with Crippen LogP contribution in [0.2, 0.25) is 0 Å². The van der Waals surface area contributed by atoms with Gasteiger partial charge in [-0.3, -0.25) is 0 Å². The molecule has 0 aliphatic carbocycles. The van der Waals surface area contributed by atoms with E-state index in [9.17, 15) is 0 Å². The summed E-state index contributed by atoms with van der Waals surface area (Å²) in [5.74, 6) is 0. The van der Waals surface area contributed by atoms with E-state index < -0.39 is 0 Å². The quantitative estimate of drug-likeness (QED) is 0.327. The minimum Gasteiger partial charge on any atom is -1.00 e. The minimum absolute atomic E-state index is 0. The molecule has 0 saturated carbocycles. The summed E-state index contributed by atoms with van der Waals surface area (Å²) in [5, 5.41) is 0. The fraction of sp³-hybridized carbons (Fsp3) is 0. The topological polar surface area (TPSA) is 0 Å². The molecule has 28 valence electrons. The molecule has 0 atom stereocenters. The Balaban J connectivity index is 0. The Labute approximate surface area is 122 Å². The van der Waals surface area contributed by atoms with Gasteiger partial charge in [-0.15, -0.1) is 0 Å². The van der Waals surface area contributed by atoms with Gasteiger partial charge in [-0.25, -0.2) is 0 Å². The first kappa shape index (κ1) is 24.4. The smallest absolute Gasteiger partial charge is 1.00 e. The van der Waals surface area contributed by atoms with E-state index in [1.54, 1.807) is 0 Å². The monoisotopic (exact) mass is 446 g/mol. The molecule has 0 aromatic rings. The zero-order valence-corrected chi connectivity index (χ0v) is 9.16. The van der Waals surface area contributed by atoms with Crippen molar-refractivity contribution in [1.82, 2.24) is 0 Å². The molecular formula is ArI2Sm. The van der Waals surface area contributed by atoms with Gasteiger partial charge in [0.15, 0.2) is 0 Å². The second kappa shape index (κ2) is 15.7. The van der Waals surface area contributed by atoms with Crippen molar-refractivity contribution in [3.63, 3.8) is 0 Å². The van der Waals surface area contributed by atoms with Crippen LogP contribution in [0.15, 0.2) is 0 Å². The molecule has 0 aliphatic rings. The van der Waals surface area contributed by atoms with Crippen LogP contribution in [-0.4, -0.2) is 0 Å². The number of halogens is 2. The summed E-state index contributed by atoms with van der Waals surface area (Å²) >= 11 is 0. The Morgan fingerprint density at radius 1 is 0.750 bits per heavy atom. The predicted molar refractivity (Wildman–Crippen MR) is 0 cm³/mol. The zero-order chi connectivity index (χ0) is 0. The molecule has 0 N–H and O–H groups in total. The molecule has 0 spiro atoms. The van der Waals surface area contributed by atoms with E-state index in [0.29, 0.717) is 0 Å². The average Bonchev–Trinajstić information content (AvgIpc) is 0. The van der Waals surface area contributed by atoms with Crippen molar-refractivity contribution in [2.45, 2.75) is 0 Å². The van der Waals surface area contributed by atoms with Gasteiger partial charge in [-0.05, 0) is 0 Å². The summed E-state index contributed by atoms with van der Waals surface area (Å²) in [7, 11) is 0. The molecule has 4 heteroatoms. The van der Waals surface area contributed by atoms with E-state index in [-0.39, 0.29) is 126 Å². The van der Waals surface area contributed by atoms with Gasteiger partial charge in [0.2, 0.25) is 0 Å². The van der Waals surface area contributed by atoms with E-state index in [1.165, 1.54) is 0 Å². The summed E-state index contributed by atoms with van der Waals surface area (Å²) in [4.78, 5) is 0. The molecule has 0 aliphatic heterocycles. The molecule has 0 rings (SSSR count). The van der Waals surface area contributed by atoms with Gasteiger partial charge in [0.25, 0.3) is 0 Å². The first-order valence-electron chi connectivity index (χ1n) is 0. The van der Waals surface area contributed by atoms with Crippen LogP contribution in [0.4, 0.5) is 0 Å². The molecule has 0 aromatic carbocycles. The summed E-state index contributed by atoms with van der Waals surface area (Å²) in [6.07, 6.45) is 0. The van der Waals surface area contributed by atoms with Crippen molar-refractivity contribution >= 4 is 0 Å². The third-order valence-electron chi connectivity index (χ3n) is 0. The predicted octanol–water partition coefficient (Wildman–Crippen LogP) is -5.99. The van der Waals surface area contributed by atoms with Gasteiger partial charge >= 0.3 is 40.4 Å². The van der Waals surface area contributed by atoms with Crippen LogP contribution in [0.25, 0.3) is 0 Å². The summed E-state index contributed by atoms with van der Waals surface area (Å²) in [6, 6.07) is 0. The van der Waals surface area contributed by atoms with E-state index >= 15 is 0 Å². The Bertz CT molecular complexity index is 6.00. The van der Waals surface area contributed by atoms with Crippen LogP contribution in [0, 0.1) is 78.1 Å². The largest absolute Gasteiger partial charge is 2.00 e. The van der Waals surface area contributed by atoms with Crippen molar-refractivity contribution in [1.29, 1.82) is 0 Å². The SMILES string of the molecule is [Ar].[I-].[I-].[Sm+2]. The molecule has 0 aromatic heterocycles. The molecule has 0 heterocycles. The molecule has 0 nitrogen and oxygen atoms in total. The Kier molecular flexibility index (Phi) is 95.9. The summed E-state index contributed by atoms with van der Waals surface area (Å²) < 4.78 is 0. The first-order chi connectivity index (χ1) is 0. The molecule has 0 saturated heterocycles. The van der Waals surface area contributed by atoms with E-state index in [0.717, 1.165) is 0 Å². The number of hydrogen-bond donors (Lipinski definition) is 0. The van der Waals surface area contributed by atoms with Crippen LogP contribution < -0.4 is 48.0 Å². The number of rotatable bonds is 0. The molecule has 0 fully saturated rings. The molecule has 0 unspecified atom stereocenters. The maximum absolute atomic E-state index is 0. The third kappa shape index (κ3) is 9.41. The van der Waals surface area contributed by atoms with Crippen molar-refractivity contribution < 1.29 is 126 Å². The van der Waals surface area contributed by atoms with Gasteiger partial charge in [0, 0.05) is 37.7 Å². The van der Waals surface area contributed by atoms with Crippen molar-refractivity contribution in [3.8, 4) is 0 Å². The normalized spacial score (nSPS) is 0. The van der Waals surface area contributed by atoms with Crippen LogP contribution in [0.1, 0.15) is 0 Å². The Morgan fingerprint density at radius 3 is 0.750 bits per heavy atom. The second-order valence-corrected chi connectivity index (χ2v) is 0. The second-order valence-electron chi connectivity index (χ2n) is 0. The van der Waals surface area contributed by atoms with Crippen molar-refractivity contribution in [3.05, 3.63) is 0 Å². The van der Waals surface area contributed by atoms with Gasteiger partial charge in [0.05, 0.1) is 0 Å². The van der Waals surface area contributed by atoms with Crippen LogP contribution in [-0.2, 0) is 0 Å². The summed E-state index contributed by atoms with van der Waals surface area (Å²) in [5.41, 5.74) is 0. The molecule has 0 bridgehead atoms. The Morgan fingerprint density at radius 2 is 0.750 bits per heavy atom. The Hall–Kier alpha value is 4.06. The van der Waals surface area contributed by atoms with Crippen LogP contribution >= 0.6 is 0 Å². The molecule has 0 radical (unpaired) electrons. The zero-order valence-electron chi connectivity index (χ0n) is 1.52. The van der Waals surface area contributed by atoms with E-state index in [1.807, 2.05) is 0 Å². The van der Waals surface area contributed by atoms with Gasteiger partial charge in [0.1, 0.15) is 0 Å². The maximum atomic E-state index is 0. The summed E-state index contributed by atoms with van der Waals surface area (Å²) in [6.45, 7) is 0. The first-order valence-corrected chi connectivity index (χ1v) is 0. The van der Waals surface area contributed by atoms with Gasteiger partial charge in [-0.1, -0.05) is 0 Å². The van der Waals surface area contributed by atoms with Crippen LogP contribution in [0.5, 0.6) is 0 Å². The van der Waals surface area contributed by atoms with Gasteiger partial charge in [-0.2, -0.15) is 0 Å².